The van der Waals surface area contributed by atoms with E-state index in [-0.39, 0.29) is 17.7 Å². The first-order chi connectivity index (χ1) is 12.0. The number of piperazine rings is 1. The standard InChI is InChI=1S/C20H29N3O2/c1-15(20(25)21-18-5-3-4-6-18)22-11-13-23(14-12-22)19-9-7-17(8-10-19)16(2)24/h7-10,15,18H,3-6,11-14H2,1-2H3,(H,21,25). The number of nitrogens with zero attached hydrogens (tertiary/aromatic N) is 2. The number of hydrogen-bond donors (Lipinski definition) is 1. The van der Waals surface area contributed by atoms with Gasteiger partial charge in [-0.2, -0.15) is 0 Å². The number of carbonyl (C=O) groups is 2. The molecule has 1 atom stereocenters. The molecule has 136 valence electrons. The van der Waals surface area contributed by atoms with Crippen LogP contribution in [0, 0.1) is 0 Å². The van der Waals surface area contributed by atoms with Gasteiger partial charge in [-0.3, -0.25) is 14.5 Å². The molecule has 5 nitrogen and oxygen atoms in total. The van der Waals surface area contributed by atoms with Crippen molar-refractivity contribution in [3.05, 3.63) is 29.8 Å². The van der Waals surface area contributed by atoms with E-state index in [2.05, 4.69) is 15.1 Å². The van der Waals surface area contributed by atoms with Gasteiger partial charge < -0.3 is 10.2 Å². The minimum Gasteiger partial charge on any atom is -0.369 e. The molecule has 1 saturated carbocycles. The Morgan fingerprint density at radius 2 is 1.64 bits per heavy atom. The molecule has 5 heteroatoms. The van der Waals surface area contributed by atoms with Crippen molar-refractivity contribution in [3.63, 3.8) is 0 Å². The molecule has 1 unspecified atom stereocenters. The van der Waals surface area contributed by atoms with Crippen LogP contribution in [0.5, 0.6) is 0 Å². The van der Waals surface area contributed by atoms with Crippen molar-refractivity contribution in [2.75, 3.05) is 31.1 Å². The zero-order valence-electron chi connectivity index (χ0n) is 15.3. The Morgan fingerprint density at radius 1 is 1.04 bits per heavy atom. The normalized spacial score (nSPS) is 20.5. The van der Waals surface area contributed by atoms with Crippen molar-refractivity contribution in [2.45, 2.75) is 51.6 Å². The number of anilines is 1. The van der Waals surface area contributed by atoms with Crippen LogP contribution < -0.4 is 10.2 Å². The second-order valence-electron chi connectivity index (χ2n) is 7.29. The van der Waals surface area contributed by atoms with Gasteiger partial charge in [-0.05, 0) is 51.0 Å². The first-order valence-corrected chi connectivity index (χ1v) is 9.45. The molecule has 0 radical (unpaired) electrons. The minimum atomic E-state index is -0.0668. The smallest absolute Gasteiger partial charge is 0.237 e. The zero-order valence-corrected chi connectivity index (χ0v) is 15.3. The maximum absolute atomic E-state index is 12.5. The van der Waals surface area contributed by atoms with Gasteiger partial charge in [0.2, 0.25) is 5.91 Å². The Bertz CT molecular complexity index is 600. The predicted molar refractivity (Wildman–Crippen MR) is 100 cm³/mol. The Balaban J connectivity index is 1.50. The maximum Gasteiger partial charge on any atom is 0.237 e. The largest absolute Gasteiger partial charge is 0.369 e. The molecule has 1 aliphatic carbocycles. The van der Waals surface area contributed by atoms with Crippen LogP contribution in [0.3, 0.4) is 0 Å². The molecule has 1 N–H and O–H groups in total. The molecule has 0 spiro atoms. The molecule has 1 amide bonds. The summed E-state index contributed by atoms with van der Waals surface area (Å²) >= 11 is 0. The Hall–Kier alpha value is -1.88. The van der Waals surface area contributed by atoms with E-state index in [1.165, 1.54) is 12.8 Å². The zero-order chi connectivity index (χ0) is 17.8. The second-order valence-corrected chi connectivity index (χ2v) is 7.29. The van der Waals surface area contributed by atoms with Gasteiger partial charge in [-0.25, -0.2) is 0 Å². The van der Waals surface area contributed by atoms with E-state index in [0.717, 1.165) is 50.3 Å². The SMILES string of the molecule is CC(=O)c1ccc(N2CCN(C(C)C(=O)NC3CCCC3)CC2)cc1. The molecular formula is C20H29N3O2. The molecule has 0 aromatic heterocycles. The molecule has 1 heterocycles. The molecule has 1 saturated heterocycles. The van der Waals surface area contributed by atoms with Crippen molar-refractivity contribution in [1.29, 1.82) is 0 Å². The molecule has 0 bridgehead atoms. The number of carbonyl (C=O) groups excluding carboxylic acids is 2. The van der Waals surface area contributed by atoms with Crippen molar-refractivity contribution in [2.24, 2.45) is 0 Å². The number of benzene rings is 1. The third kappa shape index (κ3) is 4.40. The van der Waals surface area contributed by atoms with E-state index >= 15 is 0 Å². The summed E-state index contributed by atoms with van der Waals surface area (Å²) in [7, 11) is 0. The van der Waals surface area contributed by atoms with E-state index < -0.39 is 0 Å². The van der Waals surface area contributed by atoms with Crippen LogP contribution in [-0.2, 0) is 4.79 Å². The lowest BCUT2D eigenvalue weighted by Gasteiger charge is -2.38. The summed E-state index contributed by atoms with van der Waals surface area (Å²) in [4.78, 5) is 28.4. The highest BCUT2D eigenvalue weighted by molar-refractivity contribution is 5.94. The number of hydrogen-bond acceptors (Lipinski definition) is 4. The van der Waals surface area contributed by atoms with Gasteiger partial charge in [0.05, 0.1) is 6.04 Å². The van der Waals surface area contributed by atoms with E-state index in [9.17, 15) is 9.59 Å². The number of nitrogens with one attached hydrogen (secondary N) is 1. The summed E-state index contributed by atoms with van der Waals surface area (Å²) in [5.41, 5.74) is 1.90. The average Bonchev–Trinajstić information content (AvgIpc) is 3.14. The monoisotopic (exact) mass is 343 g/mol. The fourth-order valence-electron chi connectivity index (χ4n) is 3.83. The molecule has 3 rings (SSSR count). The summed E-state index contributed by atoms with van der Waals surface area (Å²) in [6.07, 6.45) is 4.73. The Morgan fingerprint density at radius 3 is 2.20 bits per heavy atom. The van der Waals surface area contributed by atoms with Gasteiger partial charge in [0.25, 0.3) is 0 Å². The predicted octanol–water partition coefficient (Wildman–Crippen LogP) is 2.46. The first-order valence-electron chi connectivity index (χ1n) is 9.45. The lowest BCUT2D eigenvalue weighted by molar-refractivity contribution is -0.126. The van der Waals surface area contributed by atoms with Crippen LogP contribution in [0.4, 0.5) is 5.69 Å². The van der Waals surface area contributed by atoms with Gasteiger partial charge in [-0.15, -0.1) is 0 Å². The highest BCUT2D eigenvalue weighted by atomic mass is 16.2. The fourth-order valence-corrected chi connectivity index (χ4v) is 3.83. The molecule has 1 aromatic carbocycles. The van der Waals surface area contributed by atoms with E-state index in [1.54, 1.807) is 6.92 Å². The molecule has 1 aromatic rings. The number of rotatable bonds is 5. The third-order valence-corrected chi connectivity index (χ3v) is 5.58. The topological polar surface area (TPSA) is 52.7 Å². The lowest BCUT2D eigenvalue weighted by atomic mass is 10.1. The van der Waals surface area contributed by atoms with Crippen LogP contribution in [0.15, 0.2) is 24.3 Å². The van der Waals surface area contributed by atoms with Crippen LogP contribution >= 0.6 is 0 Å². The number of Topliss-reactive ketones (excluding diaryl/α,β-unsaturated/α-hetero) is 1. The third-order valence-electron chi connectivity index (χ3n) is 5.58. The number of amides is 1. The van der Waals surface area contributed by atoms with Crippen LogP contribution in [-0.4, -0.2) is 54.9 Å². The second kappa shape index (κ2) is 8.00. The minimum absolute atomic E-state index is 0.0668. The van der Waals surface area contributed by atoms with Gasteiger partial charge in [0.15, 0.2) is 5.78 Å². The molecular weight excluding hydrogens is 314 g/mol. The fraction of sp³-hybridized carbons (Fsp3) is 0.600. The van der Waals surface area contributed by atoms with Gasteiger partial charge in [0, 0.05) is 43.5 Å². The van der Waals surface area contributed by atoms with Gasteiger partial charge in [0.1, 0.15) is 0 Å². The Kier molecular flexibility index (Phi) is 5.74. The highest BCUT2D eigenvalue weighted by Crippen LogP contribution is 2.20. The molecule has 2 aliphatic rings. The lowest BCUT2D eigenvalue weighted by Crippen LogP contribution is -2.54. The van der Waals surface area contributed by atoms with Crippen molar-refractivity contribution < 1.29 is 9.59 Å². The maximum atomic E-state index is 12.5. The quantitative estimate of drug-likeness (QED) is 0.835. The average molecular weight is 343 g/mol. The summed E-state index contributed by atoms with van der Waals surface area (Å²) in [6, 6.07) is 8.13. The summed E-state index contributed by atoms with van der Waals surface area (Å²) < 4.78 is 0. The van der Waals surface area contributed by atoms with Gasteiger partial charge >= 0.3 is 0 Å². The van der Waals surface area contributed by atoms with Crippen LogP contribution in [0.2, 0.25) is 0 Å². The van der Waals surface area contributed by atoms with Crippen molar-refractivity contribution in [3.8, 4) is 0 Å². The van der Waals surface area contributed by atoms with Crippen molar-refractivity contribution >= 4 is 17.4 Å². The van der Waals surface area contributed by atoms with Crippen LogP contribution in [0.25, 0.3) is 0 Å². The highest BCUT2D eigenvalue weighted by Gasteiger charge is 2.27. The Labute approximate surface area is 150 Å². The summed E-state index contributed by atoms with van der Waals surface area (Å²) in [5, 5.41) is 3.21. The summed E-state index contributed by atoms with van der Waals surface area (Å²) in [6.45, 7) is 7.18. The van der Waals surface area contributed by atoms with E-state index in [4.69, 9.17) is 0 Å². The van der Waals surface area contributed by atoms with E-state index in [0.29, 0.717) is 6.04 Å². The first kappa shape index (κ1) is 17.9. The molecule has 25 heavy (non-hydrogen) atoms. The molecule has 2 fully saturated rings. The number of ketones is 1. The summed E-state index contributed by atoms with van der Waals surface area (Å²) in [5.74, 6) is 0.268. The molecule has 1 aliphatic heterocycles. The van der Waals surface area contributed by atoms with E-state index in [1.807, 2.05) is 31.2 Å². The van der Waals surface area contributed by atoms with Gasteiger partial charge in [-0.1, -0.05) is 12.8 Å². The van der Waals surface area contributed by atoms with Crippen molar-refractivity contribution in [1.82, 2.24) is 10.2 Å². The van der Waals surface area contributed by atoms with Crippen LogP contribution in [0.1, 0.15) is 49.9 Å².